The largest absolute Gasteiger partial charge is 0.487 e. The number of carbonyl (C=O) groups excluding carboxylic acids is 1. The Labute approximate surface area is 252 Å². The van der Waals surface area contributed by atoms with Crippen LogP contribution in [0.2, 0.25) is 0 Å². The summed E-state index contributed by atoms with van der Waals surface area (Å²) in [6.45, 7) is 7.79. The van der Waals surface area contributed by atoms with Gasteiger partial charge in [0, 0.05) is 29.5 Å². The van der Waals surface area contributed by atoms with Crippen LogP contribution in [0.25, 0.3) is 16.8 Å². The van der Waals surface area contributed by atoms with Gasteiger partial charge in [-0.15, -0.1) is 0 Å². The lowest BCUT2D eigenvalue weighted by atomic mass is 9.91. The van der Waals surface area contributed by atoms with Crippen molar-refractivity contribution in [2.24, 2.45) is 0 Å². The average Bonchev–Trinajstić information content (AvgIpc) is 2.95. The van der Waals surface area contributed by atoms with E-state index < -0.39 is 17.5 Å². The van der Waals surface area contributed by atoms with Gasteiger partial charge in [0.25, 0.3) is 5.56 Å². The van der Waals surface area contributed by atoms with Crippen LogP contribution >= 0.6 is 0 Å². The maximum atomic E-state index is 14.1. The quantitative estimate of drug-likeness (QED) is 0.152. The third kappa shape index (κ3) is 6.32. The maximum Gasteiger partial charge on any atom is 0.261 e. The van der Waals surface area contributed by atoms with Gasteiger partial charge in [-0.2, -0.15) is 0 Å². The van der Waals surface area contributed by atoms with Crippen molar-refractivity contribution in [2.45, 2.75) is 65.1 Å². The second kappa shape index (κ2) is 12.0. The average molecular weight is 574 g/mol. The molecule has 8 nitrogen and oxygen atoms in total. The molecule has 218 valence electrons. The Kier molecular flexibility index (Phi) is 8.37. The van der Waals surface area contributed by atoms with E-state index in [2.05, 4.69) is 12.2 Å². The molecule has 0 bridgehead atoms. The molecule has 1 aliphatic heterocycles. The first-order valence-corrected chi connectivity index (χ1v) is 14.4. The minimum atomic E-state index is -0.792. The summed E-state index contributed by atoms with van der Waals surface area (Å²) >= 11 is 0. The number of amides is 1. The molecule has 2 radical (unpaired) electrons. The van der Waals surface area contributed by atoms with Crippen LogP contribution in [0, 0.1) is 12.3 Å². The van der Waals surface area contributed by atoms with Gasteiger partial charge >= 0.3 is 0 Å². The summed E-state index contributed by atoms with van der Waals surface area (Å²) in [6.07, 6.45) is 1.69. The highest BCUT2D eigenvalue weighted by Gasteiger charge is 2.33. The van der Waals surface area contributed by atoms with E-state index in [9.17, 15) is 14.7 Å². The summed E-state index contributed by atoms with van der Waals surface area (Å²) in [5.41, 5.74) is 5.23. The lowest BCUT2D eigenvalue weighted by molar-refractivity contribution is 0.0115. The number of amidine groups is 1. The first kappa shape index (κ1) is 30.0. The third-order valence-corrected chi connectivity index (χ3v) is 7.69. The van der Waals surface area contributed by atoms with Crippen molar-refractivity contribution in [2.75, 3.05) is 0 Å². The van der Waals surface area contributed by atoms with Crippen LogP contribution in [0.3, 0.4) is 0 Å². The van der Waals surface area contributed by atoms with Crippen LogP contribution in [0.5, 0.6) is 5.75 Å². The molecular formula is C34H35BN4O4. The number of aromatic nitrogens is 2. The molecule has 3 aromatic carbocycles. The molecule has 3 N–H and O–H groups in total. The second-order valence-corrected chi connectivity index (χ2v) is 11.6. The van der Waals surface area contributed by atoms with E-state index in [0.29, 0.717) is 53.2 Å². The second-order valence-electron chi connectivity index (χ2n) is 11.6. The van der Waals surface area contributed by atoms with E-state index in [4.69, 9.17) is 23.0 Å². The molecular weight excluding hydrogens is 539 g/mol. The fourth-order valence-corrected chi connectivity index (χ4v) is 5.74. The van der Waals surface area contributed by atoms with E-state index >= 15 is 0 Å². The van der Waals surface area contributed by atoms with Gasteiger partial charge in [-0.25, -0.2) is 4.98 Å². The first-order chi connectivity index (χ1) is 20.5. The molecule has 0 aliphatic carbocycles. The minimum Gasteiger partial charge on any atom is -0.487 e. The summed E-state index contributed by atoms with van der Waals surface area (Å²) < 4.78 is 7.69. The molecule has 0 saturated heterocycles. The summed E-state index contributed by atoms with van der Waals surface area (Å²) in [7, 11) is 5.22. The number of aliphatic hydroxyl groups excluding tert-OH is 1. The topological polar surface area (TPSA) is 117 Å². The van der Waals surface area contributed by atoms with Crippen LogP contribution < -0.4 is 15.6 Å². The van der Waals surface area contributed by atoms with E-state index in [0.717, 1.165) is 28.8 Å². The number of nitrogens with one attached hydrogen (secondary N) is 2. The molecule has 0 spiro atoms. The van der Waals surface area contributed by atoms with Crippen molar-refractivity contribution in [3.8, 4) is 22.6 Å². The number of aryl methyl sites for hydroxylation is 2. The lowest BCUT2D eigenvalue weighted by Gasteiger charge is -2.35. The molecule has 0 saturated carbocycles. The SMILES string of the molecule is [B]C(=O)NC(=N)c1ccccc1-c1ccc(Cc2c(CCC)nc(C)n(-c3ccc4c(c3)C(O)CC(C)(C)O4)c2=O)cc1. The highest BCUT2D eigenvalue weighted by molar-refractivity contribution is 6.58. The Balaban J connectivity index is 1.50. The monoisotopic (exact) mass is 574 g/mol. The fourth-order valence-electron chi connectivity index (χ4n) is 5.74. The molecule has 4 aromatic rings. The van der Waals surface area contributed by atoms with Crippen LogP contribution in [0.1, 0.15) is 73.5 Å². The lowest BCUT2D eigenvalue weighted by Crippen LogP contribution is -2.35. The predicted octanol–water partition coefficient (Wildman–Crippen LogP) is 5.55. The Bertz CT molecular complexity index is 1760. The minimum absolute atomic E-state index is 0.0763. The Morgan fingerprint density at radius 2 is 1.88 bits per heavy atom. The third-order valence-electron chi connectivity index (χ3n) is 7.69. The number of fused-ring (bicyclic) bond motifs is 1. The Morgan fingerprint density at radius 3 is 2.58 bits per heavy atom. The van der Waals surface area contributed by atoms with Crippen LogP contribution in [0.15, 0.2) is 71.5 Å². The standard InChI is InChI=1S/C34H35BN4O4/c1-5-8-28-26(17-21-11-13-22(14-12-21)24-9-6-7-10-25(24)31(36)38-33(35)42)32(41)39(20(2)37-28)23-15-16-30-27(18-23)29(40)19-34(3,4)43-30/h6-7,9-16,18,29,40H,5,8,17,19H2,1-4H3,(H2,36,38,42). The fraction of sp³-hybridized carbons (Fsp3) is 0.294. The van der Waals surface area contributed by atoms with Gasteiger partial charge in [0.2, 0.25) is 7.85 Å². The summed E-state index contributed by atoms with van der Waals surface area (Å²) in [6, 6.07) is 20.6. The molecule has 1 unspecified atom stereocenters. The van der Waals surface area contributed by atoms with E-state index in [-0.39, 0.29) is 11.4 Å². The number of benzene rings is 3. The number of carbonyl (C=O) groups is 1. The van der Waals surface area contributed by atoms with Gasteiger partial charge in [0.05, 0.1) is 17.5 Å². The normalized spacial score (nSPS) is 15.3. The number of hydrogen-bond donors (Lipinski definition) is 3. The molecule has 0 fully saturated rings. The molecule has 43 heavy (non-hydrogen) atoms. The van der Waals surface area contributed by atoms with Crippen molar-refractivity contribution < 1.29 is 14.6 Å². The van der Waals surface area contributed by atoms with Gasteiger partial charge in [-0.1, -0.05) is 61.9 Å². The Morgan fingerprint density at radius 1 is 1.16 bits per heavy atom. The van der Waals surface area contributed by atoms with Crippen LogP contribution in [-0.4, -0.2) is 39.7 Å². The molecule has 1 atom stereocenters. The zero-order valence-corrected chi connectivity index (χ0v) is 24.9. The van der Waals surface area contributed by atoms with Gasteiger partial charge in [-0.05, 0) is 62.1 Å². The zero-order chi connectivity index (χ0) is 30.9. The molecule has 1 aliphatic rings. The number of rotatable bonds is 7. The van der Waals surface area contributed by atoms with Crippen molar-refractivity contribution in [3.05, 3.63) is 111 Å². The van der Waals surface area contributed by atoms with Crippen molar-refractivity contribution >= 4 is 19.5 Å². The van der Waals surface area contributed by atoms with Gasteiger partial charge in [0.1, 0.15) is 23.0 Å². The number of ether oxygens (including phenoxy) is 1. The Hall–Kier alpha value is -4.50. The molecule has 9 heteroatoms. The van der Waals surface area contributed by atoms with E-state index in [1.165, 1.54) is 0 Å². The highest BCUT2D eigenvalue weighted by atomic mass is 16.5. The van der Waals surface area contributed by atoms with Gasteiger partial charge in [0.15, 0.2) is 5.81 Å². The zero-order valence-electron chi connectivity index (χ0n) is 24.9. The smallest absolute Gasteiger partial charge is 0.261 e. The molecule has 1 aromatic heterocycles. The van der Waals surface area contributed by atoms with Crippen LogP contribution in [0.4, 0.5) is 4.79 Å². The number of nitrogens with zero attached hydrogens (tertiary/aromatic N) is 2. The van der Waals surface area contributed by atoms with Crippen molar-refractivity contribution in [3.63, 3.8) is 0 Å². The summed E-state index contributed by atoms with van der Waals surface area (Å²) in [4.78, 5) is 30.3. The molecule has 1 amide bonds. The number of aliphatic hydroxyl groups is 1. The van der Waals surface area contributed by atoms with E-state index in [1.807, 2.05) is 75.4 Å². The molecule has 2 heterocycles. The summed E-state index contributed by atoms with van der Waals surface area (Å²) in [5, 5.41) is 21.4. The van der Waals surface area contributed by atoms with Crippen molar-refractivity contribution in [1.29, 1.82) is 5.41 Å². The predicted molar refractivity (Wildman–Crippen MR) is 169 cm³/mol. The summed E-state index contributed by atoms with van der Waals surface area (Å²) in [5.74, 6) is 0.339. The van der Waals surface area contributed by atoms with Crippen LogP contribution in [-0.2, 0) is 12.8 Å². The highest BCUT2D eigenvalue weighted by Crippen LogP contribution is 2.40. The van der Waals surface area contributed by atoms with E-state index in [1.54, 1.807) is 16.7 Å². The van der Waals surface area contributed by atoms with Gasteiger partial charge in [-0.3, -0.25) is 19.6 Å². The number of hydrogen-bond acceptors (Lipinski definition) is 6. The maximum absolute atomic E-state index is 14.1. The molecule has 5 rings (SSSR count). The van der Waals surface area contributed by atoms with Gasteiger partial charge < -0.3 is 15.2 Å². The first-order valence-electron chi connectivity index (χ1n) is 14.4. The van der Waals surface area contributed by atoms with Crippen molar-refractivity contribution in [1.82, 2.24) is 14.9 Å².